The maximum Gasteiger partial charge on any atom is 0.176 e. The van der Waals surface area contributed by atoms with E-state index in [-0.39, 0.29) is 11.9 Å². The first-order chi connectivity index (χ1) is 15.9. The Labute approximate surface area is 194 Å². The number of hydrogen-bond donors (Lipinski definition) is 0. The monoisotopic (exact) mass is 441 g/mol. The zero-order chi connectivity index (χ0) is 23.8. The molecule has 3 unspecified atom stereocenters. The van der Waals surface area contributed by atoms with Crippen molar-refractivity contribution >= 4 is 17.5 Å². The third-order valence-electron chi connectivity index (χ3n) is 6.32. The minimum atomic E-state index is -1.45. The van der Waals surface area contributed by atoms with E-state index >= 15 is 0 Å². The predicted molar refractivity (Wildman–Crippen MR) is 126 cm³/mol. The first kappa shape index (κ1) is 22.4. The van der Waals surface area contributed by atoms with Crippen molar-refractivity contribution in [3.63, 3.8) is 0 Å². The van der Waals surface area contributed by atoms with Gasteiger partial charge in [0.25, 0.3) is 0 Å². The molecule has 1 fully saturated rings. The average molecular weight is 442 g/mol. The van der Waals surface area contributed by atoms with E-state index in [1.54, 1.807) is 6.07 Å². The summed E-state index contributed by atoms with van der Waals surface area (Å²) in [5.74, 6) is 0.369. The van der Waals surface area contributed by atoms with Crippen molar-refractivity contribution in [2.75, 3.05) is 11.5 Å². The number of rotatable bonds is 6. The second-order valence-corrected chi connectivity index (χ2v) is 8.70. The number of hydrogen-bond acceptors (Lipinski definition) is 6. The van der Waals surface area contributed by atoms with Crippen LogP contribution in [0, 0.1) is 28.1 Å². The van der Waals surface area contributed by atoms with Crippen LogP contribution < -0.4 is 14.4 Å². The second kappa shape index (κ2) is 8.64. The molecule has 0 aliphatic carbocycles. The Morgan fingerprint density at radius 3 is 2.52 bits per heavy atom. The van der Waals surface area contributed by atoms with Gasteiger partial charge in [-0.15, -0.1) is 0 Å². The number of ketones is 1. The maximum absolute atomic E-state index is 13.1. The standard InChI is InChI=1S/C27H27N3O3/c1-5-32-23-14-20(10-12-22(23)33-17(2)3)25-26(18(4)31)30-21-9-7-6-8-19(21)11-13-24(30)27(25,15-28)16-29/h6-14,17,24-26H,5H2,1-4H3. The van der Waals surface area contributed by atoms with Gasteiger partial charge >= 0.3 is 0 Å². The second-order valence-electron chi connectivity index (χ2n) is 8.70. The first-order valence-corrected chi connectivity index (χ1v) is 11.2. The molecule has 0 aromatic heterocycles. The molecule has 0 bridgehead atoms. The molecule has 0 saturated carbocycles. The fourth-order valence-electron chi connectivity index (χ4n) is 5.10. The summed E-state index contributed by atoms with van der Waals surface area (Å²) < 4.78 is 11.7. The Morgan fingerprint density at radius 2 is 1.88 bits per heavy atom. The zero-order valence-electron chi connectivity index (χ0n) is 19.3. The van der Waals surface area contributed by atoms with Gasteiger partial charge in [-0.3, -0.25) is 4.79 Å². The highest BCUT2D eigenvalue weighted by Gasteiger charge is 2.62. The highest BCUT2D eigenvalue weighted by Crippen LogP contribution is 2.55. The van der Waals surface area contributed by atoms with E-state index in [4.69, 9.17) is 9.47 Å². The van der Waals surface area contributed by atoms with Gasteiger partial charge in [0.15, 0.2) is 22.7 Å². The molecule has 2 heterocycles. The van der Waals surface area contributed by atoms with E-state index in [1.165, 1.54) is 6.92 Å². The Kier molecular flexibility index (Phi) is 5.87. The highest BCUT2D eigenvalue weighted by atomic mass is 16.5. The Morgan fingerprint density at radius 1 is 1.15 bits per heavy atom. The lowest BCUT2D eigenvalue weighted by molar-refractivity contribution is -0.118. The number of carbonyl (C=O) groups is 1. The summed E-state index contributed by atoms with van der Waals surface area (Å²) in [7, 11) is 0. The third-order valence-corrected chi connectivity index (χ3v) is 6.32. The topological polar surface area (TPSA) is 86.4 Å². The molecule has 2 aromatic carbocycles. The third kappa shape index (κ3) is 3.52. The van der Waals surface area contributed by atoms with Crippen LogP contribution in [0.4, 0.5) is 5.69 Å². The molecule has 2 aliphatic heterocycles. The lowest BCUT2D eigenvalue weighted by Gasteiger charge is -2.35. The molecule has 6 nitrogen and oxygen atoms in total. The smallest absolute Gasteiger partial charge is 0.176 e. The summed E-state index contributed by atoms with van der Waals surface area (Å²) in [5, 5.41) is 20.8. The lowest BCUT2D eigenvalue weighted by atomic mass is 9.69. The molecule has 2 aromatic rings. The minimum absolute atomic E-state index is 0.0422. The van der Waals surface area contributed by atoms with Gasteiger partial charge in [0, 0.05) is 11.6 Å². The lowest BCUT2D eigenvalue weighted by Crippen LogP contribution is -2.43. The number of Topliss-reactive ketones (excluding diaryl/α,β-unsaturated/α-hetero) is 1. The zero-order valence-corrected chi connectivity index (χ0v) is 19.3. The van der Waals surface area contributed by atoms with E-state index in [9.17, 15) is 15.3 Å². The average Bonchev–Trinajstić information content (AvgIpc) is 3.11. The fourth-order valence-corrected chi connectivity index (χ4v) is 5.10. The molecular formula is C27H27N3O3. The normalized spacial score (nSPS) is 22.2. The van der Waals surface area contributed by atoms with Gasteiger partial charge in [0.1, 0.15) is 0 Å². The highest BCUT2D eigenvalue weighted by molar-refractivity contribution is 5.91. The number of fused-ring (bicyclic) bond motifs is 3. The summed E-state index contributed by atoms with van der Waals surface area (Å²) in [5.41, 5.74) is 1.07. The van der Waals surface area contributed by atoms with E-state index in [0.717, 1.165) is 11.3 Å². The molecule has 33 heavy (non-hydrogen) atoms. The largest absolute Gasteiger partial charge is 0.490 e. The quantitative estimate of drug-likeness (QED) is 0.636. The number of para-hydroxylation sites is 1. The molecule has 0 N–H and O–H groups in total. The van der Waals surface area contributed by atoms with Gasteiger partial charge in [-0.05, 0) is 57.0 Å². The summed E-state index contributed by atoms with van der Waals surface area (Å²) in [4.78, 5) is 15.0. The Bertz CT molecular complexity index is 1170. The van der Waals surface area contributed by atoms with E-state index < -0.39 is 23.4 Å². The van der Waals surface area contributed by atoms with Crippen LogP contribution in [0.2, 0.25) is 0 Å². The van der Waals surface area contributed by atoms with Gasteiger partial charge in [-0.25, -0.2) is 0 Å². The van der Waals surface area contributed by atoms with E-state index in [2.05, 4.69) is 12.1 Å². The molecular weight excluding hydrogens is 414 g/mol. The van der Waals surface area contributed by atoms with Crippen LogP contribution in [0.15, 0.2) is 48.5 Å². The van der Waals surface area contributed by atoms with Crippen LogP contribution in [0.5, 0.6) is 11.5 Å². The van der Waals surface area contributed by atoms with Crippen molar-refractivity contribution in [3.05, 3.63) is 59.7 Å². The molecule has 168 valence electrons. The van der Waals surface area contributed by atoms with E-state index in [1.807, 2.05) is 74.2 Å². The number of nitrogens with zero attached hydrogens (tertiary/aromatic N) is 3. The van der Waals surface area contributed by atoms with Gasteiger partial charge in [-0.1, -0.05) is 36.4 Å². The summed E-state index contributed by atoms with van der Waals surface area (Å²) in [6.45, 7) is 7.72. The number of benzene rings is 2. The summed E-state index contributed by atoms with van der Waals surface area (Å²) >= 11 is 0. The van der Waals surface area contributed by atoms with Gasteiger partial charge < -0.3 is 14.4 Å². The molecule has 0 spiro atoms. The van der Waals surface area contributed by atoms with Crippen molar-refractivity contribution in [3.8, 4) is 23.6 Å². The number of carbonyl (C=O) groups excluding carboxylic acids is 1. The van der Waals surface area contributed by atoms with Crippen molar-refractivity contribution in [2.45, 2.75) is 51.8 Å². The predicted octanol–water partition coefficient (Wildman–Crippen LogP) is 4.86. The summed E-state index contributed by atoms with van der Waals surface area (Å²) in [6, 6.07) is 16.6. The molecule has 4 rings (SSSR count). The van der Waals surface area contributed by atoms with Crippen molar-refractivity contribution < 1.29 is 14.3 Å². The maximum atomic E-state index is 13.1. The van der Waals surface area contributed by atoms with Crippen LogP contribution in [0.25, 0.3) is 6.08 Å². The Hall–Kier alpha value is -3.77. The van der Waals surface area contributed by atoms with Crippen molar-refractivity contribution in [1.29, 1.82) is 10.5 Å². The van der Waals surface area contributed by atoms with Crippen LogP contribution in [-0.4, -0.2) is 30.6 Å². The van der Waals surface area contributed by atoms with Gasteiger partial charge in [-0.2, -0.15) is 10.5 Å². The van der Waals surface area contributed by atoms with Crippen LogP contribution in [0.3, 0.4) is 0 Å². The van der Waals surface area contributed by atoms with Crippen LogP contribution in [0.1, 0.15) is 44.7 Å². The summed E-state index contributed by atoms with van der Waals surface area (Å²) in [6.07, 6.45) is 3.77. The number of nitriles is 2. The van der Waals surface area contributed by atoms with Crippen LogP contribution in [-0.2, 0) is 4.79 Å². The van der Waals surface area contributed by atoms with Crippen molar-refractivity contribution in [1.82, 2.24) is 0 Å². The molecule has 0 radical (unpaired) electrons. The first-order valence-electron chi connectivity index (χ1n) is 11.2. The SMILES string of the molecule is CCOc1cc(C2C(C(C)=O)N3c4ccccc4C=CC3C2(C#N)C#N)ccc1OC(C)C. The minimum Gasteiger partial charge on any atom is -0.490 e. The molecule has 1 saturated heterocycles. The fraction of sp³-hybridized carbons (Fsp3) is 0.370. The Balaban J connectivity index is 1.93. The number of anilines is 1. The molecule has 3 atom stereocenters. The molecule has 2 aliphatic rings. The van der Waals surface area contributed by atoms with Gasteiger partial charge in [0.05, 0.1) is 36.9 Å². The molecule has 0 amide bonds. The molecule has 6 heteroatoms. The van der Waals surface area contributed by atoms with Gasteiger partial charge in [0.2, 0.25) is 0 Å². The van der Waals surface area contributed by atoms with E-state index in [0.29, 0.717) is 23.7 Å². The number of ether oxygens (including phenoxy) is 2. The van der Waals surface area contributed by atoms with Crippen LogP contribution >= 0.6 is 0 Å². The van der Waals surface area contributed by atoms with Crippen molar-refractivity contribution in [2.24, 2.45) is 5.41 Å².